The number of nitrogens with two attached hydrogens (primary N) is 1. The summed E-state index contributed by atoms with van der Waals surface area (Å²) >= 11 is 0. The highest BCUT2D eigenvalue weighted by Crippen LogP contribution is 2.34. The zero-order valence-corrected chi connectivity index (χ0v) is 19.5. The third-order valence-electron chi connectivity index (χ3n) is 5.89. The molecule has 0 aliphatic carbocycles. The highest BCUT2D eigenvalue weighted by Gasteiger charge is 2.41. The first kappa shape index (κ1) is 25.3. The number of anilines is 1. The zero-order chi connectivity index (χ0) is 22.5. The van der Waals surface area contributed by atoms with Crippen molar-refractivity contribution in [3.63, 3.8) is 0 Å². The van der Waals surface area contributed by atoms with E-state index in [0.29, 0.717) is 18.8 Å². The molecule has 0 saturated heterocycles. The van der Waals surface area contributed by atoms with Gasteiger partial charge in [-0.2, -0.15) is 0 Å². The molecular formula is C24H31ClN4O3. The maximum atomic E-state index is 13.6. The van der Waals surface area contributed by atoms with Crippen LogP contribution in [-0.2, 0) is 27.2 Å². The zero-order valence-electron chi connectivity index (χ0n) is 18.7. The van der Waals surface area contributed by atoms with Gasteiger partial charge in [0.2, 0.25) is 17.7 Å². The molecule has 32 heavy (non-hydrogen) atoms. The molecule has 2 aromatic rings. The minimum absolute atomic E-state index is 0. The van der Waals surface area contributed by atoms with Crippen LogP contribution in [0, 0.1) is 17.8 Å². The number of halogens is 1. The van der Waals surface area contributed by atoms with Gasteiger partial charge in [0, 0.05) is 18.7 Å². The normalized spacial score (nSPS) is 16.6. The molecule has 172 valence electrons. The molecule has 1 aliphatic heterocycles. The van der Waals surface area contributed by atoms with E-state index in [2.05, 4.69) is 10.3 Å². The molecule has 3 atom stereocenters. The third kappa shape index (κ3) is 5.65. The van der Waals surface area contributed by atoms with Gasteiger partial charge in [-0.25, -0.2) is 4.98 Å². The fourth-order valence-electron chi connectivity index (χ4n) is 4.26. The average Bonchev–Trinajstić information content (AvgIpc) is 3.11. The predicted octanol–water partition coefficient (Wildman–Crippen LogP) is 2.51. The first-order valence-corrected chi connectivity index (χ1v) is 10.7. The van der Waals surface area contributed by atoms with Crippen LogP contribution in [0.2, 0.25) is 0 Å². The van der Waals surface area contributed by atoms with E-state index < -0.39 is 17.7 Å². The lowest BCUT2D eigenvalue weighted by Gasteiger charge is -2.32. The largest absolute Gasteiger partial charge is 0.369 e. The number of amides is 3. The number of hydrogen-bond acceptors (Lipinski definition) is 4. The van der Waals surface area contributed by atoms with E-state index in [1.807, 2.05) is 56.3 Å². The SMILES string of the molecule is CC(C)[C@H](C(=O)N1c2ncccc2C[C@H]1CNC(=O)Cc1ccccc1)C(C)C(N)=O.Cl. The minimum Gasteiger partial charge on any atom is -0.369 e. The lowest BCUT2D eigenvalue weighted by Crippen LogP contribution is -2.51. The quantitative estimate of drug-likeness (QED) is 0.633. The number of carbonyl (C=O) groups is 3. The van der Waals surface area contributed by atoms with Crippen molar-refractivity contribution in [2.24, 2.45) is 23.5 Å². The second kappa shape index (κ2) is 11.1. The van der Waals surface area contributed by atoms with Crippen molar-refractivity contribution >= 4 is 35.9 Å². The van der Waals surface area contributed by atoms with E-state index in [9.17, 15) is 14.4 Å². The van der Waals surface area contributed by atoms with Crippen LogP contribution in [0.3, 0.4) is 0 Å². The molecule has 0 spiro atoms. The maximum Gasteiger partial charge on any atom is 0.232 e. The van der Waals surface area contributed by atoms with Crippen molar-refractivity contribution in [1.82, 2.24) is 10.3 Å². The van der Waals surface area contributed by atoms with Gasteiger partial charge >= 0.3 is 0 Å². The predicted molar refractivity (Wildman–Crippen MR) is 126 cm³/mol. The van der Waals surface area contributed by atoms with Crippen LogP contribution in [0.4, 0.5) is 5.82 Å². The molecule has 1 aromatic heterocycles. The number of pyridine rings is 1. The summed E-state index contributed by atoms with van der Waals surface area (Å²) in [7, 11) is 0. The van der Waals surface area contributed by atoms with Gasteiger partial charge in [-0.1, -0.05) is 57.2 Å². The fraction of sp³-hybridized carbons (Fsp3) is 0.417. The highest BCUT2D eigenvalue weighted by atomic mass is 35.5. The van der Waals surface area contributed by atoms with Crippen molar-refractivity contribution in [2.75, 3.05) is 11.4 Å². The van der Waals surface area contributed by atoms with Crippen LogP contribution >= 0.6 is 12.4 Å². The van der Waals surface area contributed by atoms with Crippen molar-refractivity contribution in [3.8, 4) is 0 Å². The number of rotatable bonds is 8. The number of aromatic nitrogens is 1. The van der Waals surface area contributed by atoms with Gasteiger partial charge in [0.15, 0.2) is 0 Å². The third-order valence-corrected chi connectivity index (χ3v) is 5.89. The molecular weight excluding hydrogens is 428 g/mol. The van der Waals surface area contributed by atoms with E-state index in [-0.39, 0.29) is 42.6 Å². The Morgan fingerprint density at radius 2 is 1.81 bits per heavy atom. The Morgan fingerprint density at radius 3 is 2.44 bits per heavy atom. The number of nitrogens with zero attached hydrogens (tertiary/aromatic N) is 2. The molecule has 0 bridgehead atoms. The number of benzene rings is 1. The molecule has 3 N–H and O–H groups in total. The Balaban J connectivity index is 0.00000363. The van der Waals surface area contributed by atoms with E-state index in [1.54, 1.807) is 18.0 Å². The lowest BCUT2D eigenvalue weighted by atomic mass is 9.82. The van der Waals surface area contributed by atoms with Crippen molar-refractivity contribution in [2.45, 2.75) is 39.7 Å². The fourth-order valence-corrected chi connectivity index (χ4v) is 4.26. The summed E-state index contributed by atoms with van der Waals surface area (Å²) in [5.41, 5.74) is 7.41. The van der Waals surface area contributed by atoms with Crippen LogP contribution in [0.15, 0.2) is 48.7 Å². The second-order valence-electron chi connectivity index (χ2n) is 8.48. The van der Waals surface area contributed by atoms with Crippen LogP contribution in [0.1, 0.15) is 31.9 Å². The molecule has 0 saturated carbocycles. The van der Waals surface area contributed by atoms with Crippen molar-refractivity contribution < 1.29 is 14.4 Å². The standard InChI is InChI=1S/C24H30N4O3.ClH/c1-15(2)21(16(3)22(25)30)24(31)28-19(13-18-10-7-11-26-23(18)28)14-27-20(29)12-17-8-5-4-6-9-17;/h4-11,15-16,19,21H,12-14H2,1-3H3,(H2,25,30)(H,27,29);1H/t16?,19-,21-;/m0./s1. The Labute approximate surface area is 195 Å². The summed E-state index contributed by atoms with van der Waals surface area (Å²) in [6.45, 7) is 5.82. The Bertz CT molecular complexity index is 951. The summed E-state index contributed by atoms with van der Waals surface area (Å²) in [4.78, 5) is 44.0. The summed E-state index contributed by atoms with van der Waals surface area (Å²) < 4.78 is 0. The number of nitrogens with one attached hydrogen (secondary N) is 1. The van der Waals surface area contributed by atoms with Gasteiger partial charge in [0.05, 0.1) is 18.4 Å². The van der Waals surface area contributed by atoms with E-state index in [0.717, 1.165) is 11.1 Å². The van der Waals surface area contributed by atoms with Gasteiger partial charge in [-0.05, 0) is 29.5 Å². The second-order valence-corrected chi connectivity index (χ2v) is 8.48. The van der Waals surface area contributed by atoms with E-state index in [1.165, 1.54) is 0 Å². The number of fused-ring (bicyclic) bond motifs is 1. The molecule has 1 aliphatic rings. The van der Waals surface area contributed by atoms with Crippen LogP contribution < -0.4 is 16.0 Å². The molecule has 0 radical (unpaired) electrons. The number of hydrogen-bond donors (Lipinski definition) is 2. The van der Waals surface area contributed by atoms with Crippen LogP contribution in [-0.4, -0.2) is 35.3 Å². The number of carbonyl (C=O) groups excluding carboxylic acids is 3. The molecule has 8 heteroatoms. The summed E-state index contributed by atoms with van der Waals surface area (Å²) in [6, 6.07) is 13.0. The smallest absolute Gasteiger partial charge is 0.232 e. The van der Waals surface area contributed by atoms with Gasteiger partial charge in [0.1, 0.15) is 5.82 Å². The monoisotopic (exact) mass is 458 g/mol. The molecule has 0 fully saturated rings. The van der Waals surface area contributed by atoms with Crippen molar-refractivity contribution in [1.29, 1.82) is 0 Å². The Kier molecular flexibility index (Phi) is 8.78. The first-order chi connectivity index (χ1) is 14.8. The van der Waals surface area contributed by atoms with Gasteiger partial charge in [-0.15, -0.1) is 12.4 Å². The Morgan fingerprint density at radius 1 is 1.12 bits per heavy atom. The van der Waals surface area contributed by atoms with Crippen LogP contribution in [0.25, 0.3) is 0 Å². The summed E-state index contributed by atoms with van der Waals surface area (Å²) in [6.07, 6.45) is 2.52. The first-order valence-electron chi connectivity index (χ1n) is 10.7. The molecule has 7 nitrogen and oxygen atoms in total. The summed E-state index contributed by atoms with van der Waals surface area (Å²) in [5, 5.41) is 2.96. The topological polar surface area (TPSA) is 105 Å². The maximum absolute atomic E-state index is 13.6. The molecule has 2 heterocycles. The molecule has 3 amide bonds. The highest BCUT2D eigenvalue weighted by molar-refractivity contribution is 5.99. The minimum atomic E-state index is -0.603. The Hall–Kier alpha value is -2.93. The van der Waals surface area contributed by atoms with Gasteiger partial charge < -0.3 is 11.1 Å². The summed E-state index contributed by atoms with van der Waals surface area (Å²) in [5.74, 6) is -1.43. The number of primary amides is 1. The average molecular weight is 459 g/mol. The van der Waals surface area contributed by atoms with Crippen molar-refractivity contribution in [3.05, 3.63) is 59.8 Å². The van der Waals surface area contributed by atoms with E-state index >= 15 is 0 Å². The van der Waals surface area contributed by atoms with E-state index in [4.69, 9.17) is 5.73 Å². The van der Waals surface area contributed by atoms with Gasteiger partial charge in [0.25, 0.3) is 0 Å². The molecule has 3 rings (SSSR count). The van der Waals surface area contributed by atoms with Gasteiger partial charge in [-0.3, -0.25) is 19.3 Å². The molecule has 1 unspecified atom stereocenters. The lowest BCUT2D eigenvalue weighted by molar-refractivity contribution is -0.133. The molecule has 1 aromatic carbocycles. The van der Waals surface area contributed by atoms with Crippen LogP contribution in [0.5, 0.6) is 0 Å².